The van der Waals surface area contributed by atoms with Crippen LogP contribution in [0.1, 0.15) is 40.3 Å². The molecule has 0 saturated heterocycles. The van der Waals surface area contributed by atoms with Crippen molar-refractivity contribution in [1.82, 2.24) is 0 Å². The first-order valence-electron chi connectivity index (χ1n) is 11.5. The third kappa shape index (κ3) is 4.17. The molecule has 0 heterocycles. The molecule has 0 saturated carbocycles. The van der Waals surface area contributed by atoms with Crippen LogP contribution >= 0.6 is 0 Å². The van der Waals surface area contributed by atoms with E-state index in [1.165, 1.54) is 16.7 Å². The second kappa shape index (κ2) is 8.63. The number of benzene rings is 5. The van der Waals surface area contributed by atoms with Crippen molar-refractivity contribution in [3.8, 4) is 11.5 Å². The molecule has 33 heavy (non-hydrogen) atoms. The summed E-state index contributed by atoms with van der Waals surface area (Å²) < 4.78 is 0. The van der Waals surface area contributed by atoms with Crippen LogP contribution in [0, 0.1) is 6.92 Å². The summed E-state index contributed by atoms with van der Waals surface area (Å²) >= 11 is 0. The van der Waals surface area contributed by atoms with Crippen LogP contribution in [0.4, 0.5) is 0 Å². The van der Waals surface area contributed by atoms with Gasteiger partial charge in [-0.05, 0) is 70.5 Å². The van der Waals surface area contributed by atoms with Crippen LogP contribution in [0.2, 0.25) is 0 Å². The van der Waals surface area contributed by atoms with Crippen LogP contribution in [0.5, 0.6) is 11.5 Å². The molecule has 0 aromatic heterocycles. The van der Waals surface area contributed by atoms with Gasteiger partial charge >= 0.3 is 0 Å². The molecule has 0 aliphatic rings. The van der Waals surface area contributed by atoms with Gasteiger partial charge in [0.15, 0.2) is 0 Å². The molecular formula is C31H28O2. The van der Waals surface area contributed by atoms with Crippen LogP contribution in [0.3, 0.4) is 0 Å². The van der Waals surface area contributed by atoms with Crippen LogP contribution in [-0.4, -0.2) is 10.2 Å². The lowest BCUT2D eigenvalue weighted by Gasteiger charge is -2.11. The van der Waals surface area contributed by atoms with Crippen molar-refractivity contribution < 1.29 is 10.2 Å². The molecule has 0 aliphatic heterocycles. The molecule has 2 heteroatoms. The first-order chi connectivity index (χ1) is 16.0. The minimum Gasteiger partial charge on any atom is -0.507 e. The Labute approximate surface area is 194 Å². The van der Waals surface area contributed by atoms with Crippen LogP contribution in [-0.2, 0) is 19.3 Å². The van der Waals surface area contributed by atoms with E-state index in [1.54, 1.807) is 0 Å². The Morgan fingerprint density at radius 1 is 0.576 bits per heavy atom. The molecule has 5 aromatic rings. The molecule has 164 valence electrons. The summed E-state index contributed by atoms with van der Waals surface area (Å²) in [5.74, 6) is 0.769. The fraction of sp³-hybridized carbons (Fsp3) is 0.161. The Kier molecular flexibility index (Phi) is 5.51. The number of aromatic hydroxyl groups is 2. The average molecular weight is 433 g/mol. The minimum atomic E-state index is 0.373. The van der Waals surface area contributed by atoms with Gasteiger partial charge in [-0.25, -0.2) is 0 Å². The highest BCUT2D eigenvalue weighted by molar-refractivity contribution is 5.90. The minimum absolute atomic E-state index is 0.373. The molecule has 0 bridgehead atoms. The van der Waals surface area contributed by atoms with Gasteiger partial charge in [0.1, 0.15) is 11.5 Å². The number of hydrogen-bond acceptors (Lipinski definition) is 2. The van der Waals surface area contributed by atoms with Gasteiger partial charge < -0.3 is 10.2 Å². The van der Waals surface area contributed by atoms with Gasteiger partial charge in [-0.2, -0.15) is 0 Å². The fourth-order valence-electron chi connectivity index (χ4n) is 4.70. The summed E-state index contributed by atoms with van der Waals surface area (Å²) in [6, 6.07) is 29.2. The number of phenols is 2. The van der Waals surface area contributed by atoms with Crippen molar-refractivity contribution in [3.05, 3.63) is 118 Å². The maximum Gasteiger partial charge on any atom is 0.126 e. The Morgan fingerprint density at radius 3 is 1.91 bits per heavy atom. The van der Waals surface area contributed by atoms with Gasteiger partial charge in [0.05, 0.1) is 0 Å². The van der Waals surface area contributed by atoms with Gasteiger partial charge in [-0.15, -0.1) is 0 Å². The normalized spacial score (nSPS) is 11.3. The summed E-state index contributed by atoms with van der Waals surface area (Å²) in [6.07, 6.45) is 2.29. The molecule has 0 aliphatic carbocycles. The van der Waals surface area contributed by atoms with E-state index in [-0.39, 0.29) is 0 Å². The van der Waals surface area contributed by atoms with Crippen molar-refractivity contribution in [3.63, 3.8) is 0 Å². The monoisotopic (exact) mass is 432 g/mol. The van der Waals surface area contributed by atoms with E-state index in [4.69, 9.17) is 0 Å². The van der Waals surface area contributed by atoms with Crippen LogP contribution < -0.4 is 0 Å². The predicted octanol–water partition coefficient (Wildman–Crippen LogP) is 7.46. The quantitative estimate of drug-likeness (QED) is 0.303. The van der Waals surface area contributed by atoms with E-state index in [9.17, 15) is 10.2 Å². The summed E-state index contributed by atoms with van der Waals surface area (Å²) in [4.78, 5) is 0. The van der Waals surface area contributed by atoms with Crippen molar-refractivity contribution in [2.24, 2.45) is 0 Å². The Hall–Kier alpha value is -3.78. The number of rotatable bonds is 5. The summed E-state index contributed by atoms with van der Waals surface area (Å²) in [7, 11) is 0. The highest BCUT2D eigenvalue weighted by Gasteiger charge is 2.10. The van der Waals surface area contributed by atoms with Gasteiger partial charge in [0, 0.05) is 17.2 Å². The molecule has 5 aromatic carbocycles. The van der Waals surface area contributed by atoms with Gasteiger partial charge in [0.25, 0.3) is 0 Å². The molecule has 0 unspecified atom stereocenters. The Morgan fingerprint density at radius 2 is 1.15 bits per heavy atom. The summed E-state index contributed by atoms with van der Waals surface area (Å²) in [5, 5.41) is 25.5. The maximum atomic E-state index is 10.9. The smallest absolute Gasteiger partial charge is 0.126 e. The number of hydrogen-bond donors (Lipinski definition) is 2. The van der Waals surface area contributed by atoms with E-state index < -0.39 is 0 Å². The molecule has 0 atom stereocenters. The molecule has 0 amide bonds. The number of aryl methyl sites for hydroxylation is 2. The van der Waals surface area contributed by atoms with E-state index in [2.05, 4.69) is 73.7 Å². The molecular weight excluding hydrogens is 404 g/mol. The van der Waals surface area contributed by atoms with E-state index in [0.717, 1.165) is 51.1 Å². The maximum absolute atomic E-state index is 10.9. The Bertz CT molecular complexity index is 1480. The SMILES string of the molecule is CCc1ccc2ccc(Cc3cccc(Cc4ccc5ccc(C)cc5c4O)c3)cc2c1O. The predicted molar refractivity (Wildman–Crippen MR) is 137 cm³/mol. The third-order valence-electron chi connectivity index (χ3n) is 6.55. The zero-order valence-electron chi connectivity index (χ0n) is 19.1. The molecule has 0 spiro atoms. The Balaban J connectivity index is 1.43. The lowest BCUT2D eigenvalue weighted by atomic mass is 9.95. The third-order valence-corrected chi connectivity index (χ3v) is 6.55. The second-order valence-corrected chi connectivity index (χ2v) is 8.95. The van der Waals surface area contributed by atoms with Crippen LogP contribution in [0.25, 0.3) is 21.5 Å². The van der Waals surface area contributed by atoms with E-state index >= 15 is 0 Å². The van der Waals surface area contributed by atoms with E-state index in [0.29, 0.717) is 17.9 Å². The fourth-order valence-corrected chi connectivity index (χ4v) is 4.70. The van der Waals surface area contributed by atoms with Crippen molar-refractivity contribution in [1.29, 1.82) is 0 Å². The van der Waals surface area contributed by atoms with Crippen molar-refractivity contribution in [2.75, 3.05) is 0 Å². The number of fused-ring (bicyclic) bond motifs is 2. The second-order valence-electron chi connectivity index (χ2n) is 8.95. The standard InChI is InChI=1S/C31H28O2/c1-3-24-11-12-26-10-8-23(19-29(26)30(24)32)17-21-5-4-6-22(16-21)18-27-14-13-25-9-7-20(2)15-28(25)31(27)33/h4-16,19,32-33H,3,17-18H2,1-2H3. The van der Waals surface area contributed by atoms with Gasteiger partial charge in [0.2, 0.25) is 0 Å². The lowest BCUT2D eigenvalue weighted by Crippen LogP contribution is -1.94. The molecule has 2 N–H and O–H groups in total. The first kappa shape index (κ1) is 21.1. The van der Waals surface area contributed by atoms with E-state index in [1.807, 2.05) is 25.1 Å². The average Bonchev–Trinajstić information content (AvgIpc) is 2.82. The summed E-state index contributed by atoms with van der Waals surface area (Å²) in [6.45, 7) is 4.11. The summed E-state index contributed by atoms with van der Waals surface area (Å²) in [5.41, 5.74) is 6.62. The lowest BCUT2D eigenvalue weighted by molar-refractivity contribution is 0.475. The first-order valence-corrected chi connectivity index (χ1v) is 11.5. The molecule has 0 radical (unpaired) electrons. The van der Waals surface area contributed by atoms with Crippen molar-refractivity contribution >= 4 is 21.5 Å². The topological polar surface area (TPSA) is 40.5 Å². The zero-order chi connectivity index (χ0) is 22.9. The van der Waals surface area contributed by atoms with Crippen molar-refractivity contribution in [2.45, 2.75) is 33.1 Å². The molecule has 5 rings (SSSR count). The zero-order valence-corrected chi connectivity index (χ0v) is 19.1. The van der Waals surface area contributed by atoms with Gasteiger partial charge in [-0.1, -0.05) is 85.3 Å². The molecule has 2 nitrogen and oxygen atoms in total. The van der Waals surface area contributed by atoms with Gasteiger partial charge in [-0.3, -0.25) is 0 Å². The highest BCUT2D eigenvalue weighted by Crippen LogP contribution is 2.32. The van der Waals surface area contributed by atoms with Crippen LogP contribution in [0.15, 0.2) is 84.9 Å². The number of phenolic OH excluding ortho intramolecular Hbond substituents is 2. The highest BCUT2D eigenvalue weighted by atomic mass is 16.3. The molecule has 0 fully saturated rings. The largest absolute Gasteiger partial charge is 0.507 e.